The number of thioether (sulfide) groups is 1. The van der Waals surface area contributed by atoms with Gasteiger partial charge >= 0.3 is 5.30 Å². The Morgan fingerprint density at radius 2 is 2.45 bits per heavy atom. The van der Waals surface area contributed by atoms with Gasteiger partial charge in [0.25, 0.3) is 0 Å². The first-order valence-electron chi connectivity index (χ1n) is 3.04. The molecule has 0 aliphatic heterocycles. The molecule has 1 heterocycles. The molecule has 1 N–H and O–H groups in total. The van der Waals surface area contributed by atoms with Gasteiger partial charge in [0, 0.05) is 11.9 Å². The summed E-state index contributed by atoms with van der Waals surface area (Å²) >= 11 is 0.839. The zero-order valence-electron chi connectivity index (χ0n) is 5.73. The Morgan fingerprint density at radius 1 is 1.64 bits per heavy atom. The van der Waals surface area contributed by atoms with Crippen LogP contribution in [0.2, 0.25) is 0 Å². The van der Waals surface area contributed by atoms with Crippen LogP contribution in [0.15, 0.2) is 24.4 Å². The van der Waals surface area contributed by atoms with E-state index in [0.717, 1.165) is 17.5 Å². The molecule has 4 heteroatoms. The Morgan fingerprint density at radius 3 is 3.00 bits per heavy atom. The number of rotatable bonds is 2. The van der Waals surface area contributed by atoms with Crippen molar-refractivity contribution in [2.45, 2.75) is 5.75 Å². The summed E-state index contributed by atoms with van der Waals surface area (Å²) in [7, 11) is 0. The lowest BCUT2D eigenvalue weighted by atomic mass is 10.4. The normalized spacial score (nSPS) is 9.45. The highest BCUT2D eigenvalue weighted by molar-refractivity contribution is 8.12. The van der Waals surface area contributed by atoms with Gasteiger partial charge in [0.2, 0.25) is 0 Å². The molecule has 0 spiro atoms. The van der Waals surface area contributed by atoms with Crippen LogP contribution in [0.25, 0.3) is 0 Å². The molecule has 0 radical (unpaired) electrons. The van der Waals surface area contributed by atoms with Crippen molar-refractivity contribution < 1.29 is 9.90 Å². The lowest BCUT2D eigenvalue weighted by molar-refractivity contribution is 0.222. The number of aromatic nitrogens is 1. The Bertz CT molecular complexity index is 237. The van der Waals surface area contributed by atoms with Crippen molar-refractivity contribution in [3.05, 3.63) is 30.1 Å². The second-order valence-electron chi connectivity index (χ2n) is 1.88. The van der Waals surface area contributed by atoms with Gasteiger partial charge in [0.05, 0.1) is 5.69 Å². The number of hydrogen-bond donors (Lipinski definition) is 1. The SMILES string of the molecule is O=C(O)SCc1ccccn1. The Kier molecular flexibility index (Phi) is 2.92. The molecule has 11 heavy (non-hydrogen) atoms. The van der Waals surface area contributed by atoms with E-state index in [-0.39, 0.29) is 0 Å². The van der Waals surface area contributed by atoms with E-state index in [2.05, 4.69) is 4.98 Å². The summed E-state index contributed by atoms with van der Waals surface area (Å²) in [5.41, 5.74) is 0.792. The van der Waals surface area contributed by atoms with Gasteiger partial charge in [-0.1, -0.05) is 6.07 Å². The smallest absolute Gasteiger partial charge is 0.365 e. The van der Waals surface area contributed by atoms with Crippen LogP contribution in [0.3, 0.4) is 0 Å². The van der Waals surface area contributed by atoms with E-state index < -0.39 is 5.30 Å². The van der Waals surface area contributed by atoms with Crippen LogP contribution in [0, 0.1) is 0 Å². The maximum atomic E-state index is 10.1. The van der Waals surface area contributed by atoms with E-state index in [4.69, 9.17) is 5.11 Å². The fraction of sp³-hybridized carbons (Fsp3) is 0.143. The van der Waals surface area contributed by atoms with Gasteiger partial charge in [0.1, 0.15) is 0 Å². The van der Waals surface area contributed by atoms with Crippen molar-refractivity contribution >= 4 is 17.1 Å². The van der Waals surface area contributed by atoms with Crippen LogP contribution in [0.4, 0.5) is 4.79 Å². The molecule has 0 aliphatic carbocycles. The van der Waals surface area contributed by atoms with E-state index >= 15 is 0 Å². The summed E-state index contributed by atoms with van der Waals surface area (Å²) in [5.74, 6) is 0.427. The van der Waals surface area contributed by atoms with E-state index in [1.54, 1.807) is 18.3 Å². The van der Waals surface area contributed by atoms with Crippen molar-refractivity contribution in [1.29, 1.82) is 0 Å². The molecular weight excluding hydrogens is 162 g/mol. The predicted octanol–water partition coefficient (Wildman–Crippen LogP) is 1.99. The predicted molar refractivity (Wildman–Crippen MR) is 43.6 cm³/mol. The van der Waals surface area contributed by atoms with E-state index in [9.17, 15) is 4.79 Å². The van der Waals surface area contributed by atoms with Crippen molar-refractivity contribution in [1.82, 2.24) is 4.98 Å². The first-order valence-corrected chi connectivity index (χ1v) is 4.03. The third-order valence-electron chi connectivity index (χ3n) is 1.07. The molecule has 1 rings (SSSR count). The lowest BCUT2D eigenvalue weighted by Crippen LogP contribution is -1.88. The molecular formula is C7H7NO2S. The third-order valence-corrected chi connectivity index (χ3v) is 1.76. The average molecular weight is 169 g/mol. The molecule has 0 bridgehead atoms. The van der Waals surface area contributed by atoms with Crippen LogP contribution in [0.1, 0.15) is 5.69 Å². The molecule has 0 aromatic carbocycles. The Balaban J connectivity index is 2.45. The summed E-state index contributed by atoms with van der Waals surface area (Å²) in [6.07, 6.45) is 1.65. The summed E-state index contributed by atoms with van der Waals surface area (Å²) in [6, 6.07) is 5.44. The molecule has 1 aromatic rings. The summed E-state index contributed by atoms with van der Waals surface area (Å²) in [6.45, 7) is 0. The molecule has 0 aliphatic rings. The first-order chi connectivity index (χ1) is 5.29. The highest BCUT2D eigenvalue weighted by Crippen LogP contribution is 2.09. The molecule has 0 fully saturated rings. The van der Waals surface area contributed by atoms with Crippen LogP contribution < -0.4 is 0 Å². The van der Waals surface area contributed by atoms with Crippen LogP contribution in [-0.2, 0) is 5.75 Å². The van der Waals surface area contributed by atoms with Crippen LogP contribution in [-0.4, -0.2) is 15.4 Å². The molecule has 0 atom stereocenters. The maximum Gasteiger partial charge on any atom is 0.365 e. The van der Waals surface area contributed by atoms with Crippen molar-refractivity contribution in [3.63, 3.8) is 0 Å². The van der Waals surface area contributed by atoms with Gasteiger partial charge in [-0.05, 0) is 23.9 Å². The van der Waals surface area contributed by atoms with Crippen molar-refractivity contribution in [3.8, 4) is 0 Å². The summed E-state index contributed by atoms with van der Waals surface area (Å²) in [4.78, 5) is 14.1. The highest BCUT2D eigenvalue weighted by atomic mass is 32.2. The van der Waals surface area contributed by atoms with E-state index in [1.807, 2.05) is 6.07 Å². The molecule has 1 aromatic heterocycles. The molecule has 0 saturated heterocycles. The van der Waals surface area contributed by atoms with Gasteiger partial charge in [-0.15, -0.1) is 0 Å². The number of pyridine rings is 1. The van der Waals surface area contributed by atoms with Gasteiger partial charge < -0.3 is 5.11 Å². The van der Waals surface area contributed by atoms with Gasteiger partial charge in [0.15, 0.2) is 0 Å². The average Bonchev–Trinajstić information content (AvgIpc) is 2.03. The standard InChI is InChI=1S/C7H7NO2S/c9-7(10)11-5-6-3-1-2-4-8-6/h1-4H,5H2,(H,9,10). The fourth-order valence-corrected chi connectivity index (χ4v) is 1.06. The lowest BCUT2D eigenvalue weighted by Gasteiger charge is -1.93. The Hall–Kier alpha value is -1.03. The molecule has 3 nitrogen and oxygen atoms in total. The zero-order valence-corrected chi connectivity index (χ0v) is 6.54. The molecule has 0 saturated carbocycles. The number of nitrogens with zero attached hydrogens (tertiary/aromatic N) is 1. The minimum Gasteiger partial charge on any atom is -0.473 e. The fourth-order valence-electron chi connectivity index (χ4n) is 0.619. The Labute approximate surface area is 68.5 Å². The van der Waals surface area contributed by atoms with Crippen molar-refractivity contribution in [2.24, 2.45) is 0 Å². The van der Waals surface area contributed by atoms with Crippen molar-refractivity contribution in [2.75, 3.05) is 0 Å². The summed E-state index contributed by atoms with van der Waals surface area (Å²) < 4.78 is 0. The van der Waals surface area contributed by atoms with E-state index in [1.165, 1.54) is 0 Å². The molecule has 0 amide bonds. The highest BCUT2D eigenvalue weighted by Gasteiger charge is 1.98. The minimum absolute atomic E-state index is 0.427. The number of hydrogen-bond acceptors (Lipinski definition) is 3. The van der Waals surface area contributed by atoms with Gasteiger partial charge in [-0.25, -0.2) is 4.79 Å². The maximum absolute atomic E-state index is 10.1. The third kappa shape index (κ3) is 3.04. The van der Waals surface area contributed by atoms with Crippen LogP contribution in [0.5, 0.6) is 0 Å². The molecule has 58 valence electrons. The minimum atomic E-state index is -0.865. The molecule has 0 unspecified atom stereocenters. The topological polar surface area (TPSA) is 50.2 Å². The zero-order chi connectivity index (χ0) is 8.10. The largest absolute Gasteiger partial charge is 0.473 e. The number of carboxylic acid groups (broad SMARTS) is 1. The van der Waals surface area contributed by atoms with Gasteiger partial charge in [-0.2, -0.15) is 0 Å². The number of carbonyl (C=O) groups is 1. The summed E-state index contributed by atoms with van der Waals surface area (Å²) in [5, 5.41) is 7.44. The second-order valence-corrected chi connectivity index (χ2v) is 2.80. The monoisotopic (exact) mass is 169 g/mol. The first kappa shape index (κ1) is 8.07. The van der Waals surface area contributed by atoms with Crippen LogP contribution >= 0.6 is 11.8 Å². The quantitative estimate of drug-likeness (QED) is 0.735. The van der Waals surface area contributed by atoms with E-state index in [0.29, 0.717) is 5.75 Å². The van der Waals surface area contributed by atoms with Gasteiger partial charge in [-0.3, -0.25) is 4.98 Å². The second kappa shape index (κ2) is 3.98.